The molecule has 0 aliphatic rings. The zero-order chi connectivity index (χ0) is 17.5. The lowest BCUT2D eigenvalue weighted by Gasteiger charge is -2.15. The highest BCUT2D eigenvalue weighted by Crippen LogP contribution is 2.28. The van der Waals surface area contributed by atoms with Crippen LogP contribution in [0.1, 0.15) is 24.2 Å². The lowest BCUT2D eigenvalue weighted by atomic mass is 10.1. The molecule has 0 spiro atoms. The monoisotopic (exact) mass is 329 g/mol. The quantitative estimate of drug-likeness (QED) is 0.834. The van der Waals surface area contributed by atoms with E-state index in [0.29, 0.717) is 41.0 Å². The Morgan fingerprint density at radius 3 is 2.46 bits per heavy atom. The minimum Gasteiger partial charge on any atom is -0.497 e. The molecule has 2 aromatic carbocycles. The van der Waals surface area contributed by atoms with E-state index in [4.69, 9.17) is 14.2 Å². The standard InChI is InChI=1S/C19H23NO4/c1-13(2)12-24-17-8-6-5-7-16(17)20-19(21)15-10-9-14(22-3)11-18(15)23-4/h5-11,13H,12H2,1-4H3,(H,20,21). The Labute approximate surface area is 142 Å². The smallest absolute Gasteiger partial charge is 0.259 e. The van der Waals surface area contributed by atoms with Crippen LogP contribution in [0.3, 0.4) is 0 Å². The molecule has 0 saturated heterocycles. The molecule has 0 aliphatic heterocycles. The van der Waals surface area contributed by atoms with Gasteiger partial charge in [-0.2, -0.15) is 0 Å². The Kier molecular flexibility index (Phi) is 6.07. The lowest BCUT2D eigenvalue weighted by molar-refractivity contribution is 0.102. The Morgan fingerprint density at radius 2 is 1.79 bits per heavy atom. The molecular formula is C19H23NO4. The van der Waals surface area contributed by atoms with Crippen molar-refractivity contribution in [3.8, 4) is 17.2 Å². The summed E-state index contributed by atoms with van der Waals surface area (Å²) in [5, 5.41) is 2.88. The molecule has 5 heteroatoms. The van der Waals surface area contributed by atoms with Crippen LogP contribution < -0.4 is 19.5 Å². The van der Waals surface area contributed by atoms with Crippen LogP contribution in [0, 0.1) is 5.92 Å². The topological polar surface area (TPSA) is 56.8 Å². The molecule has 128 valence electrons. The van der Waals surface area contributed by atoms with Gasteiger partial charge in [-0.05, 0) is 30.2 Å². The second kappa shape index (κ2) is 8.24. The number of amides is 1. The molecule has 0 bridgehead atoms. The van der Waals surface area contributed by atoms with Crippen molar-refractivity contribution in [3.05, 3.63) is 48.0 Å². The first-order valence-corrected chi connectivity index (χ1v) is 7.80. The fourth-order valence-electron chi connectivity index (χ4n) is 2.13. The summed E-state index contributed by atoms with van der Waals surface area (Å²) in [4.78, 5) is 12.6. The van der Waals surface area contributed by atoms with Gasteiger partial charge in [0.1, 0.15) is 17.2 Å². The maximum Gasteiger partial charge on any atom is 0.259 e. The molecule has 0 saturated carbocycles. The molecule has 0 unspecified atom stereocenters. The molecular weight excluding hydrogens is 306 g/mol. The Balaban J connectivity index is 2.21. The summed E-state index contributed by atoms with van der Waals surface area (Å²) in [6.45, 7) is 4.73. The minimum absolute atomic E-state index is 0.268. The van der Waals surface area contributed by atoms with E-state index >= 15 is 0 Å². The van der Waals surface area contributed by atoms with E-state index < -0.39 is 0 Å². The molecule has 2 aromatic rings. The SMILES string of the molecule is COc1ccc(C(=O)Nc2ccccc2OCC(C)C)c(OC)c1. The molecule has 0 radical (unpaired) electrons. The van der Waals surface area contributed by atoms with E-state index in [1.807, 2.05) is 24.3 Å². The molecule has 0 heterocycles. The minimum atomic E-state index is -0.268. The predicted molar refractivity (Wildman–Crippen MR) is 94.3 cm³/mol. The average molecular weight is 329 g/mol. The number of hydrogen-bond donors (Lipinski definition) is 1. The summed E-state index contributed by atoms with van der Waals surface area (Å²) in [6, 6.07) is 12.4. The largest absolute Gasteiger partial charge is 0.497 e. The first-order valence-electron chi connectivity index (χ1n) is 7.80. The van der Waals surface area contributed by atoms with Gasteiger partial charge in [0.2, 0.25) is 0 Å². The van der Waals surface area contributed by atoms with E-state index in [9.17, 15) is 4.79 Å². The number of methoxy groups -OCH3 is 2. The van der Waals surface area contributed by atoms with Gasteiger partial charge in [0.25, 0.3) is 5.91 Å². The highest BCUT2D eigenvalue weighted by Gasteiger charge is 2.15. The summed E-state index contributed by atoms with van der Waals surface area (Å²) >= 11 is 0. The highest BCUT2D eigenvalue weighted by atomic mass is 16.5. The van der Waals surface area contributed by atoms with Crippen molar-refractivity contribution in [3.63, 3.8) is 0 Å². The van der Waals surface area contributed by atoms with Crippen LogP contribution in [0.4, 0.5) is 5.69 Å². The molecule has 5 nitrogen and oxygen atoms in total. The lowest BCUT2D eigenvalue weighted by Crippen LogP contribution is -2.15. The normalized spacial score (nSPS) is 10.4. The van der Waals surface area contributed by atoms with E-state index in [1.165, 1.54) is 7.11 Å². The molecule has 0 aliphatic carbocycles. The number of benzene rings is 2. The maximum absolute atomic E-state index is 12.6. The van der Waals surface area contributed by atoms with Crippen molar-refractivity contribution in [1.82, 2.24) is 0 Å². The van der Waals surface area contributed by atoms with Gasteiger partial charge in [-0.3, -0.25) is 4.79 Å². The number of carbonyl (C=O) groups is 1. The van der Waals surface area contributed by atoms with Crippen LogP contribution in [0.15, 0.2) is 42.5 Å². The summed E-state index contributed by atoms with van der Waals surface area (Å²) in [7, 11) is 3.09. The van der Waals surface area contributed by atoms with E-state index in [-0.39, 0.29) is 5.91 Å². The van der Waals surface area contributed by atoms with Gasteiger partial charge in [0.05, 0.1) is 32.1 Å². The van der Waals surface area contributed by atoms with Crippen molar-refractivity contribution in [2.75, 3.05) is 26.1 Å². The Hall–Kier alpha value is -2.69. The summed E-state index contributed by atoms with van der Waals surface area (Å²) in [6.07, 6.45) is 0. The van der Waals surface area contributed by atoms with Crippen molar-refractivity contribution in [2.45, 2.75) is 13.8 Å². The van der Waals surface area contributed by atoms with Gasteiger partial charge in [0.15, 0.2) is 0 Å². The van der Waals surface area contributed by atoms with Crippen LogP contribution in [0.5, 0.6) is 17.2 Å². The second-order valence-corrected chi connectivity index (χ2v) is 5.72. The van der Waals surface area contributed by atoms with Gasteiger partial charge in [-0.15, -0.1) is 0 Å². The first-order chi connectivity index (χ1) is 11.5. The second-order valence-electron chi connectivity index (χ2n) is 5.72. The number of rotatable bonds is 7. The Morgan fingerprint density at radius 1 is 1.04 bits per heavy atom. The number of hydrogen-bond acceptors (Lipinski definition) is 4. The molecule has 2 rings (SSSR count). The third-order valence-corrected chi connectivity index (χ3v) is 3.36. The van der Waals surface area contributed by atoms with Gasteiger partial charge < -0.3 is 19.5 Å². The summed E-state index contributed by atoms with van der Waals surface area (Å²) in [5.41, 5.74) is 1.05. The molecule has 0 atom stereocenters. The van der Waals surface area contributed by atoms with Gasteiger partial charge >= 0.3 is 0 Å². The highest BCUT2D eigenvalue weighted by molar-refractivity contribution is 6.07. The van der Waals surface area contributed by atoms with E-state index in [1.54, 1.807) is 25.3 Å². The van der Waals surface area contributed by atoms with Crippen LogP contribution in [-0.2, 0) is 0 Å². The first kappa shape index (κ1) is 17.7. The zero-order valence-electron chi connectivity index (χ0n) is 14.5. The van der Waals surface area contributed by atoms with Gasteiger partial charge in [0, 0.05) is 6.07 Å². The number of para-hydroxylation sites is 2. The molecule has 24 heavy (non-hydrogen) atoms. The maximum atomic E-state index is 12.6. The number of ether oxygens (including phenoxy) is 3. The van der Waals surface area contributed by atoms with Crippen molar-refractivity contribution >= 4 is 11.6 Å². The van der Waals surface area contributed by atoms with Crippen molar-refractivity contribution in [2.24, 2.45) is 5.92 Å². The van der Waals surface area contributed by atoms with Crippen LogP contribution in [0.25, 0.3) is 0 Å². The molecule has 1 amide bonds. The number of carbonyl (C=O) groups excluding carboxylic acids is 1. The molecule has 0 fully saturated rings. The molecule has 1 N–H and O–H groups in total. The number of nitrogens with one attached hydrogen (secondary N) is 1. The zero-order valence-corrected chi connectivity index (χ0v) is 14.5. The van der Waals surface area contributed by atoms with Crippen LogP contribution >= 0.6 is 0 Å². The fraction of sp³-hybridized carbons (Fsp3) is 0.316. The van der Waals surface area contributed by atoms with Gasteiger partial charge in [-0.1, -0.05) is 26.0 Å². The average Bonchev–Trinajstić information content (AvgIpc) is 2.60. The van der Waals surface area contributed by atoms with E-state index in [2.05, 4.69) is 19.2 Å². The Bertz CT molecular complexity index is 698. The molecule has 0 aromatic heterocycles. The van der Waals surface area contributed by atoms with Crippen molar-refractivity contribution < 1.29 is 19.0 Å². The third-order valence-electron chi connectivity index (χ3n) is 3.36. The predicted octanol–water partition coefficient (Wildman–Crippen LogP) is 3.99. The summed E-state index contributed by atoms with van der Waals surface area (Å²) in [5.74, 6) is 1.86. The van der Waals surface area contributed by atoms with Crippen LogP contribution in [0.2, 0.25) is 0 Å². The van der Waals surface area contributed by atoms with Crippen molar-refractivity contribution in [1.29, 1.82) is 0 Å². The summed E-state index contributed by atoms with van der Waals surface area (Å²) < 4.78 is 16.2. The van der Waals surface area contributed by atoms with Crippen LogP contribution in [-0.4, -0.2) is 26.7 Å². The van der Waals surface area contributed by atoms with E-state index in [0.717, 1.165) is 0 Å². The fourth-order valence-corrected chi connectivity index (χ4v) is 2.13. The van der Waals surface area contributed by atoms with Gasteiger partial charge in [-0.25, -0.2) is 0 Å². The third kappa shape index (κ3) is 4.41. The number of anilines is 1.